The summed E-state index contributed by atoms with van der Waals surface area (Å²) >= 11 is 0. The molecule has 0 spiro atoms. The zero-order chi connectivity index (χ0) is 20.2. The number of quaternary nitrogens is 1. The number of piperidine rings is 1. The number of fused-ring (bicyclic) bond motifs is 1. The molecule has 1 fully saturated rings. The summed E-state index contributed by atoms with van der Waals surface area (Å²) in [6.45, 7) is 4.00. The van der Waals surface area contributed by atoms with Crippen LogP contribution < -0.4 is 10.2 Å². The van der Waals surface area contributed by atoms with E-state index in [1.54, 1.807) is 4.90 Å². The van der Waals surface area contributed by atoms with Crippen molar-refractivity contribution in [2.24, 2.45) is 0 Å². The molecule has 2 aromatic heterocycles. The molecule has 0 unspecified atom stereocenters. The summed E-state index contributed by atoms with van der Waals surface area (Å²) in [5.74, 6) is 0.166. The number of aromatic nitrogens is 4. The summed E-state index contributed by atoms with van der Waals surface area (Å²) in [5, 5.41) is 17.5. The van der Waals surface area contributed by atoms with Gasteiger partial charge >= 0.3 is 5.69 Å². The lowest BCUT2D eigenvalue weighted by molar-refractivity contribution is -0.905. The van der Waals surface area contributed by atoms with Gasteiger partial charge in [-0.15, -0.1) is 0 Å². The van der Waals surface area contributed by atoms with Gasteiger partial charge in [-0.2, -0.15) is 5.10 Å². The number of amides is 1. The van der Waals surface area contributed by atoms with Crippen LogP contribution in [-0.2, 0) is 17.9 Å². The summed E-state index contributed by atoms with van der Waals surface area (Å²) in [4.78, 5) is 28.9. The molecule has 0 atom stereocenters. The zero-order valence-corrected chi connectivity index (χ0v) is 16.1. The number of hydrogen-bond donors (Lipinski definition) is 2. The van der Waals surface area contributed by atoms with Crippen molar-refractivity contribution in [1.29, 1.82) is 0 Å². The monoisotopic (exact) mass is 398 g/mol. The molecular formula is C19H24N7O3+. The van der Waals surface area contributed by atoms with Crippen LogP contribution in [0.2, 0.25) is 0 Å². The Balaban J connectivity index is 1.49. The highest BCUT2D eigenvalue weighted by molar-refractivity contribution is 5.91. The van der Waals surface area contributed by atoms with Gasteiger partial charge in [-0.1, -0.05) is 12.1 Å². The van der Waals surface area contributed by atoms with Crippen molar-refractivity contribution in [3.8, 4) is 0 Å². The number of carbonyl (C=O) groups is 1. The van der Waals surface area contributed by atoms with Crippen molar-refractivity contribution in [2.45, 2.75) is 32.4 Å². The molecule has 0 bridgehead atoms. The third kappa shape index (κ3) is 4.43. The Hall–Kier alpha value is -3.27. The van der Waals surface area contributed by atoms with Crippen LogP contribution >= 0.6 is 0 Å². The molecule has 1 aliphatic heterocycles. The Morgan fingerprint density at radius 1 is 1.24 bits per heavy atom. The number of likely N-dealkylation sites (tertiary alicyclic amines) is 1. The highest BCUT2D eigenvalue weighted by atomic mass is 16.6. The van der Waals surface area contributed by atoms with E-state index in [1.807, 2.05) is 28.8 Å². The first-order valence-electron chi connectivity index (χ1n) is 9.86. The van der Waals surface area contributed by atoms with Gasteiger partial charge in [0.25, 0.3) is 0 Å². The van der Waals surface area contributed by atoms with Crippen molar-refractivity contribution in [1.82, 2.24) is 19.3 Å². The van der Waals surface area contributed by atoms with Crippen LogP contribution in [0.5, 0.6) is 0 Å². The van der Waals surface area contributed by atoms with Gasteiger partial charge in [-0.25, -0.2) is 4.98 Å². The smallest absolute Gasteiger partial charge is 0.307 e. The fraction of sp³-hybridized carbons (Fsp3) is 0.421. The SMILES string of the molecule is O=C(Cn1cc([N+](=O)[O-])cn1)Nc1nc2ccccc2n1CC[NH+]1CCCCC1. The zero-order valence-electron chi connectivity index (χ0n) is 16.1. The first-order chi connectivity index (χ1) is 14.1. The quantitative estimate of drug-likeness (QED) is 0.453. The largest absolute Gasteiger partial charge is 0.333 e. The van der Waals surface area contributed by atoms with Gasteiger partial charge in [0.1, 0.15) is 18.9 Å². The van der Waals surface area contributed by atoms with Crippen LogP contribution in [0.4, 0.5) is 11.6 Å². The van der Waals surface area contributed by atoms with Gasteiger partial charge in [0, 0.05) is 0 Å². The van der Waals surface area contributed by atoms with Crippen molar-refractivity contribution in [3.63, 3.8) is 0 Å². The number of anilines is 1. The minimum absolute atomic E-state index is 0.117. The van der Waals surface area contributed by atoms with E-state index in [1.165, 1.54) is 43.2 Å². The second kappa shape index (κ2) is 8.39. The van der Waals surface area contributed by atoms with Crippen molar-refractivity contribution in [2.75, 3.05) is 25.0 Å². The molecule has 1 aromatic carbocycles. The average Bonchev–Trinajstić information content (AvgIpc) is 3.31. The molecule has 0 saturated carbocycles. The Bertz CT molecular complexity index is 1020. The van der Waals surface area contributed by atoms with Crippen LogP contribution in [0.15, 0.2) is 36.7 Å². The number of imidazole rings is 1. The van der Waals surface area contributed by atoms with E-state index in [9.17, 15) is 14.9 Å². The molecule has 1 amide bonds. The fourth-order valence-corrected chi connectivity index (χ4v) is 3.81. The lowest BCUT2D eigenvalue weighted by atomic mass is 10.1. The maximum atomic E-state index is 12.5. The minimum Gasteiger partial charge on any atom is -0.333 e. The van der Waals surface area contributed by atoms with Crippen LogP contribution in [-0.4, -0.2) is 49.8 Å². The molecule has 152 valence electrons. The van der Waals surface area contributed by atoms with Crippen LogP contribution in [0.25, 0.3) is 11.0 Å². The molecule has 4 rings (SSSR count). The number of para-hydroxylation sites is 2. The number of nitro groups is 1. The molecule has 29 heavy (non-hydrogen) atoms. The van der Waals surface area contributed by atoms with Crippen molar-refractivity contribution < 1.29 is 14.6 Å². The van der Waals surface area contributed by atoms with E-state index >= 15 is 0 Å². The predicted molar refractivity (Wildman–Crippen MR) is 107 cm³/mol. The maximum Gasteiger partial charge on any atom is 0.307 e. The van der Waals surface area contributed by atoms with Gasteiger partial charge in [0.15, 0.2) is 0 Å². The first kappa shape index (κ1) is 19.1. The number of nitrogens with one attached hydrogen (secondary N) is 2. The second-order valence-corrected chi connectivity index (χ2v) is 7.34. The summed E-state index contributed by atoms with van der Waals surface area (Å²) in [6, 6.07) is 7.80. The third-order valence-electron chi connectivity index (χ3n) is 5.29. The Morgan fingerprint density at radius 2 is 2.03 bits per heavy atom. The lowest BCUT2D eigenvalue weighted by Gasteiger charge is -2.24. The van der Waals surface area contributed by atoms with Gasteiger partial charge in [0.2, 0.25) is 11.9 Å². The van der Waals surface area contributed by atoms with Crippen LogP contribution in [0, 0.1) is 10.1 Å². The van der Waals surface area contributed by atoms with Crippen LogP contribution in [0.3, 0.4) is 0 Å². The number of carbonyl (C=O) groups excluding carboxylic acids is 1. The normalized spacial score (nSPS) is 14.9. The van der Waals surface area contributed by atoms with Crippen LogP contribution in [0.1, 0.15) is 19.3 Å². The molecule has 0 aliphatic carbocycles. The van der Waals surface area contributed by atoms with Gasteiger partial charge < -0.3 is 9.47 Å². The molecule has 0 radical (unpaired) electrons. The van der Waals surface area contributed by atoms with Crippen molar-refractivity contribution >= 4 is 28.6 Å². The first-order valence-corrected chi connectivity index (χ1v) is 9.86. The topological polar surface area (TPSA) is 112 Å². The molecule has 2 N–H and O–H groups in total. The van der Waals surface area contributed by atoms with E-state index in [0.29, 0.717) is 5.95 Å². The standard InChI is InChI=1S/C19H23N7O3/c27-18(14-24-13-15(12-20-24)26(28)29)22-19-21-16-6-2-3-7-17(16)25(19)11-10-23-8-4-1-5-9-23/h2-3,6-7,12-13H,1,4-5,8-11,14H2,(H,21,22,27)/p+1. The molecule has 3 heterocycles. The van der Waals surface area contributed by atoms with Gasteiger partial charge in [-0.3, -0.25) is 24.9 Å². The lowest BCUT2D eigenvalue weighted by Crippen LogP contribution is -3.13. The Morgan fingerprint density at radius 3 is 2.79 bits per heavy atom. The molecule has 10 heteroatoms. The van der Waals surface area contributed by atoms with Gasteiger partial charge in [0.05, 0.1) is 42.1 Å². The second-order valence-electron chi connectivity index (χ2n) is 7.34. The maximum absolute atomic E-state index is 12.5. The highest BCUT2D eigenvalue weighted by Gasteiger charge is 2.18. The molecule has 3 aromatic rings. The van der Waals surface area contributed by atoms with E-state index in [4.69, 9.17) is 0 Å². The molecule has 1 aliphatic rings. The third-order valence-corrected chi connectivity index (χ3v) is 5.29. The number of rotatable bonds is 7. The Labute approximate surface area is 167 Å². The highest BCUT2D eigenvalue weighted by Crippen LogP contribution is 2.19. The summed E-state index contributed by atoms with van der Waals surface area (Å²) in [7, 11) is 0. The number of benzene rings is 1. The predicted octanol–water partition coefficient (Wildman–Crippen LogP) is 0.848. The van der Waals surface area contributed by atoms with Crippen molar-refractivity contribution in [3.05, 3.63) is 46.8 Å². The van der Waals surface area contributed by atoms with E-state index in [-0.39, 0.29) is 18.1 Å². The summed E-state index contributed by atoms with van der Waals surface area (Å²) in [6.07, 6.45) is 6.20. The van der Waals surface area contributed by atoms with E-state index in [0.717, 1.165) is 30.3 Å². The van der Waals surface area contributed by atoms with E-state index < -0.39 is 4.92 Å². The molecule has 10 nitrogen and oxygen atoms in total. The number of nitrogens with zero attached hydrogens (tertiary/aromatic N) is 5. The number of hydrogen-bond acceptors (Lipinski definition) is 5. The summed E-state index contributed by atoms with van der Waals surface area (Å²) in [5.41, 5.74) is 1.66. The minimum atomic E-state index is -0.538. The fourth-order valence-electron chi connectivity index (χ4n) is 3.81. The van der Waals surface area contributed by atoms with E-state index in [2.05, 4.69) is 15.4 Å². The Kier molecular flexibility index (Phi) is 5.52. The average molecular weight is 398 g/mol. The summed E-state index contributed by atoms with van der Waals surface area (Å²) < 4.78 is 3.29. The molecular weight excluding hydrogens is 374 g/mol. The molecule has 1 saturated heterocycles. The van der Waals surface area contributed by atoms with Gasteiger partial charge in [-0.05, 0) is 31.4 Å².